The summed E-state index contributed by atoms with van der Waals surface area (Å²) in [5.41, 5.74) is 2.94. The number of fused-ring (bicyclic) bond motifs is 1. The van der Waals surface area contributed by atoms with Crippen molar-refractivity contribution in [1.29, 1.82) is 0 Å². The Bertz CT molecular complexity index is 564. The zero-order valence-corrected chi connectivity index (χ0v) is 11.9. The lowest BCUT2D eigenvalue weighted by molar-refractivity contribution is 0.283. The van der Waals surface area contributed by atoms with E-state index in [1.54, 1.807) is 0 Å². The number of nitrogens with one attached hydrogen (secondary N) is 1. The predicted molar refractivity (Wildman–Crippen MR) is 79.2 cm³/mol. The molecule has 1 aliphatic rings. The van der Waals surface area contributed by atoms with Crippen LogP contribution in [0.25, 0.3) is 10.9 Å². The summed E-state index contributed by atoms with van der Waals surface area (Å²) in [7, 11) is 4.11. The van der Waals surface area contributed by atoms with Gasteiger partial charge >= 0.3 is 0 Å². The maximum atomic E-state index is 4.77. The van der Waals surface area contributed by atoms with E-state index in [1.165, 1.54) is 42.3 Å². The van der Waals surface area contributed by atoms with Gasteiger partial charge in [-0.3, -0.25) is 4.68 Å². The van der Waals surface area contributed by atoms with E-state index in [2.05, 4.69) is 36.6 Å². The first-order valence-corrected chi connectivity index (χ1v) is 7.29. The Labute approximate surface area is 115 Å². The van der Waals surface area contributed by atoms with Gasteiger partial charge in [-0.2, -0.15) is 5.10 Å². The normalized spacial score (nSPS) is 18.2. The Morgan fingerprint density at radius 3 is 2.74 bits per heavy atom. The standard InChI is InChI=1S/C16H23N3/c1-17-12-16(9-5-6-10-16)11-14-13-7-3-4-8-15(13)19(2)18-14/h3-4,7-8,17H,5-6,9-12H2,1-2H3. The average Bonchev–Trinajstić information content (AvgIpc) is 2.98. The van der Waals surface area contributed by atoms with Crippen LogP contribution in [-0.4, -0.2) is 23.4 Å². The van der Waals surface area contributed by atoms with Crippen LogP contribution in [0.1, 0.15) is 31.4 Å². The van der Waals surface area contributed by atoms with E-state index in [0.29, 0.717) is 5.41 Å². The lowest BCUT2D eigenvalue weighted by Crippen LogP contribution is -2.32. The van der Waals surface area contributed by atoms with Crippen molar-refractivity contribution in [3.05, 3.63) is 30.0 Å². The van der Waals surface area contributed by atoms with E-state index in [0.717, 1.165) is 13.0 Å². The summed E-state index contributed by atoms with van der Waals surface area (Å²) in [6.07, 6.45) is 6.51. The van der Waals surface area contributed by atoms with Gasteiger partial charge in [-0.25, -0.2) is 0 Å². The van der Waals surface area contributed by atoms with Crippen LogP contribution in [0.4, 0.5) is 0 Å². The molecule has 1 N–H and O–H groups in total. The summed E-state index contributed by atoms with van der Waals surface area (Å²) >= 11 is 0. The first-order chi connectivity index (χ1) is 9.24. The quantitative estimate of drug-likeness (QED) is 0.912. The average molecular weight is 257 g/mol. The highest BCUT2D eigenvalue weighted by atomic mass is 15.3. The summed E-state index contributed by atoms with van der Waals surface area (Å²) in [6.45, 7) is 1.11. The Morgan fingerprint density at radius 1 is 1.26 bits per heavy atom. The van der Waals surface area contributed by atoms with E-state index in [9.17, 15) is 0 Å². The summed E-state index contributed by atoms with van der Waals surface area (Å²) in [5.74, 6) is 0. The van der Waals surface area contributed by atoms with Crippen molar-refractivity contribution in [3.8, 4) is 0 Å². The number of hydrogen-bond donors (Lipinski definition) is 1. The van der Waals surface area contributed by atoms with E-state index in [-0.39, 0.29) is 0 Å². The fourth-order valence-corrected chi connectivity index (χ4v) is 3.69. The number of para-hydroxylation sites is 1. The Hall–Kier alpha value is -1.35. The minimum atomic E-state index is 0.422. The van der Waals surface area contributed by atoms with Crippen molar-refractivity contribution in [2.24, 2.45) is 12.5 Å². The van der Waals surface area contributed by atoms with Crippen LogP contribution in [0.15, 0.2) is 24.3 Å². The third-order valence-electron chi connectivity index (χ3n) is 4.59. The third-order valence-corrected chi connectivity index (χ3v) is 4.59. The highest BCUT2D eigenvalue weighted by Crippen LogP contribution is 2.41. The number of aromatic nitrogens is 2. The van der Waals surface area contributed by atoms with Crippen LogP contribution >= 0.6 is 0 Å². The highest BCUT2D eigenvalue weighted by molar-refractivity contribution is 5.81. The maximum absolute atomic E-state index is 4.77. The van der Waals surface area contributed by atoms with Gasteiger partial charge in [0.15, 0.2) is 0 Å². The van der Waals surface area contributed by atoms with Gasteiger partial charge in [0.25, 0.3) is 0 Å². The molecule has 102 valence electrons. The molecule has 3 heteroatoms. The Balaban J connectivity index is 1.96. The van der Waals surface area contributed by atoms with Gasteiger partial charge in [0, 0.05) is 19.0 Å². The van der Waals surface area contributed by atoms with E-state index in [1.807, 2.05) is 11.7 Å². The second-order valence-electron chi connectivity index (χ2n) is 6.00. The zero-order valence-electron chi connectivity index (χ0n) is 11.9. The number of hydrogen-bond acceptors (Lipinski definition) is 2. The molecule has 1 heterocycles. The van der Waals surface area contributed by atoms with E-state index in [4.69, 9.17) is 5.10 Å². The van der Waals surface area contributed by atoms with Crippen LogP contribution in [0.2, 0.25) is 0 Å². The topological polar surface area (TPSA) is 29.9 Å². The molecule has 0 unspecified atom stereocenters. The fraction of sp³-hybridized carbons (Fsp3) is 0.562. The van der Waals surface area contributed by atoms with Crippen molar-refractivity contribution in [3.63, 3.8) is 0 Å². The molecule has 1 saturated carbocycles. The second kappa shape index (κ2) is 4.97. The molecule has 0 bridgehead atoms. The molecule has 0 radical (unpaired) electrons. The monoisotopic (exact) mass is 257 g/mol. The van der Waals surface area contributed by atoms with Crippen molar-refractivity contribution in [1.82, 2.24) is 15.1 Å². The van der Waals surface area contributed by atoms with Crippen LogP contribution in [0.3, 0.4) is 0 Å². The van der Waals surface area contributed by atoms with Gasteiger partial charge in [-0.15, -0.1) is 0 Å². The van der Waals surface area contributed by atoms with Crippen LogP contribution in [0.5, 0.6) is 0 Å². The third kappa shape index (κ3) is 2.27. The van der Waals surface area contributed by atoms with Gasteiger partial charge in [-0.05, 0) is 37.8 Å². The summed E-state index contributed by atoms with van der Waals surface area (Å²) < 4.78 is 2.02. The smallest absolute Gasteiger partial charge is 0.0709 e. The number of aryl methyl sites for hydroxylation is 1. The molecule has 3 rings (SSSR count). The summed E-state index contributed by atoms with van der Waals surface area (Å²) in [5, 5.41) is 9.49. The summed E-state index contributed by atoms with van der Waals surface area (Å²) in [4.78, 5) is 0. The molecular formula is C16H23N3. The molecular weight excluding hydrogens is 234 g/mol. The van der Waals surface area contributed by atoms with E-state index < -0.39 is 0 Å². The van der Waals surface area contributed by atoms with Crippen molar-refractivity contribution in [2.45, 2.75) is 32.1 Å². The highest BCUT2D eigenvalue weighted by Gasteiger charge is 2.34. The van der Waals surface area contributed by atoms with Crippen LogP contribution < -0.4 is 5.32 Å². The number of benzene rings is 1. The van der Waals surface area contributed by atoms with E-state index >= 15 is 0 Å². The van der Waals surface area contributed by atoms with Gasteiger partial charge < -0.3 is 5.32 Å². The molecule has 1 aliphatic carbocycles. The SMILES string of the molecule is CNCC1(Cc2nn(C)c3ccccc23)CCCC1. The minimum Gasteiger partial charge on any atom is -0.319 e. The predicted octanol–water partition coefficient (Wildman–Crippen LogP) is 2.90. The Morgan fingerprint density at radius 2 is 2.00 bits per heavy atom. The second-order valence-corrected chi connectivity index (χ2v) is 6.00. The molecule has 0 amide bonds. The van der Waals surface area contributed by atoms with Gasteiger partial charge in [0.1, 0.15) is 0 Å². The molecule has 3 nitrogen and oxygen atoms in total. The molecule has 2 aromatic rings. The molecule has 0 saturated heterocycles. The Kier molecular flexibility index (Phi) is 3.31. The van der Waals surface area contributed by atoms with Gasteiger partial charge in [-0.1, -0.05) is 31.0 Å². The van der Waals surface area contributed by atoms with Crippen LogP contribution in [-0.2, 0) is 13.5 Å². The molecule has 0 spiro atoms. The molecule has 1 aromatic carbocycles. The lowest BCUT2D eigenvalue weighted by Gasteiger charge is -2.28. The summed E-state index contributed by atoms with van der Waals surface area (Å²) in [6, 6.07) is 8.57. The molecule has 1 fully saturated rings. The molecule has 0 atom stereocenters. The van der Waals surface area contributed by atoms with Gasteiger partial charge in [0.2, 0.25) is 0 Å². The van der Waals surface area contributed by atoms with Crippen LogP contribution in [0, 0.1) is 5.41 Å². The largest absolute Gasteiger partial charge is 0.319 e. The maximum Gasteiger partial charge on any atom is 0.0709 e. The molecule has 0 aliphatic heterocycles. The number of rotatable bonds is 4. The van der Waals surface area contributed by atoms with Crippen molar-refractivity contribution < 1.29 is 0 Å². The first-order valence-electron chi connectivity index (χ1n) is 7.29. The first kappa shape index (κ1) is 12.7. The van der Waals surface area contributed by atoms with Gasteiger partial charge in [0.05, 0.1) is 11.2 Å². The minimum absolute atomic E-state index is 0.422. The number of nitrogens with zero attached hydrogens (tertiary/aromatic N) is 2. The zero-order chi connectivity index (χ0) is 13.3. The fourth-order valence-electron chi connectivity index (χ4n) is 3.69. The molecule has 19 heavy (non-hydrogen) atoms. The lowest BCUT2D eigenvalue weighted by atomic mass is 9.81. The molecule has 1 aromatic heterocycles. The van der Waals surface area contributed by atoms with Crippen molar-refractivity contribution in [2.75, 3.05) is 13.6 Å². The van der Waals surface area contributed by atoms with Crippen molar-refractivity contribution >= 4 is 10.9 Å².